The van der Waals surface area contributed by atoms with Gasteiger partial charge in [-0.05, 0) is 35.9 Å². The number of rotatable bonds is 4. The molecular formula is C14H16ClN3O2S. The normalized spacial score (nSPS) is 11.4. The number of nitrogens with zero attached hydrogens (tertiary/aromatic N) is 1. The zero-order chi connectivity index (χ0) is 15.6. The number of nitrogens with two attached hydrogens (primary N) is 2. The number of hydrogen-bond donors (Lipinski definition) is 2. The molecule has 0 saturated heterocycles. The monoisotopic (exact) mass is 325 g/mol. The number of anilines is 2. The maximum atomic E-state index is 11.4. The van der Waals surface area contributed by atoms with E-state index in [-0.39, 0.29) is 4.90 Å². The van der Waals surface area contributed by atoms with Gasteiger partial charge < -0.3 is 10.6 Å². The summed E-state index contributed by atoms with van der Waals surface area (Å²) in [5.74, 6) is 0. The molecule has 112 valence electrons. The summed E-state index contributed by atoms with van der Waals surface area (Å²) in [6.45, 7) is 0.564. The van der Waals surface area contributed by atoms with Gasteiger partial charge in [0.1, 0.15) is 0 Å². The Morgan fingerprint density at radius 2 is 1.90 bits per heavy atom. The van der Waals surface area contributed by atoms with Crippen molar-refractivity contribution in [3.63, 3.8) is 0 Å². The highest BCUT2D eigenvalue weighted by Crippen LogP contribution is 2.24. The third kappa shape index (κ3) is 4.10. The predicted octanol–water partition coefficient (Wildman–Crippen LogP) is 2.21. The van der Waals surface area contributed by atoms with E-state index < -0.39 is 10.0 Å². The Bertz CT molecular complexity index is 763. The molecule has 7 heteroatoms. The van der Waals surface area contributed by atoms with E-state index in [1.807, 2.05) is 30.1 Å². The van der Waals surface area contributed by atoms with Crippen LogP contribution in [-0.4, -0.2) is 15.5 Å². The lowest BCUT2D eigenvalue weighted by Crippen LogP contribution is -2.18. The molecule has 0 radical (unpaired) electrons. The zero-order valence-electron chi connectivity index (χ0n) is 11.5. The second-order valence-corrected chi connectivity index (χ2v) is 6.79. The highest BCUT2D eigenvalue weighted by atomic mass is 35.5. The van der Waals surface area contributed by atoms with E-state index in [1.165, 1.54) is 12.1 Å². The molecule has 0 aliphatic heterocycles. The first-order valence-corrected chi connectivity index (χ1v) is 8.07. The molecule has 0 spiro atoms. The third-order valence-electron chi connectivity index (χ3n) is 2.99. The maximum absolute atomic E-state index is 11.4. The first-order valence-electron chi connectivity index (χ1n) is 6.14. The lowest BCUT2D eigenvalue weighted by atomic mass is 10.2. The number of primary sulfonamides is 1. The topological polar surface area (TPSA) is 89.4 Å². The Morgan fingerprint density at radius 3 is 2.52 bits per heavy atom. The minimum atomic E-state index is -3.79. The molecule has 2 aromatic rings. The molecule has 2 aromatic carbocycles. The third-order valence-corrected chi connectivity index (χ3v) is 4.12. The molecular weight excluding hydrogens is 310 g/mol. The summed E-state index contributed by atoms with van der Waals surface area (Å²) in [4.78, 5) is 1.87. The fourth-order valence-electron chi connectivity index (χ4n) is 1.99. The van der Waals surface area contributed by atoms with Crippen molar-refractivity contribution in [2.45, 2.75) is 11.4 Å². The molecule has 0 aliphatic rings. The second kappa shape index (κ2) is 5.93. The molecule has 21 heavy (non-hydrogen) atoms. The lowest BCUT2D eigenvalue weighted by Gasteiger charge is -2.20. The molecule has 4 N–H and O–H groups in total. The van der Waals surface area contributed by atoms with E-state index in [1.54, 1.807) is 12.1 Å². The second-order valence-electron chi connectivity index (χ2n) is 4.79. The van der Waals surface area contributed by atoms with Crippen LogP contribution < -0.4 is 15.8 Å². The van der Waals surface area contributed by atoms with Crippen molar-refractivity contribution in [1.29, 1.82) is 0 Å². The first kappa shape index (κ1) is 15.6. The van der Waals surface area contributed by atoms with E-state index in [4.69, 9.17) is 22.5 Å². The van der Waals surface area contributed by atoms with Gasteiger partial charge in [-0.25, -0.2) is 13.6 Å². The van der Waals surface area contributed by atoms with Crippen LogP contribution in [0.15, 0.2) is 47.4 Å². The summed E-state index contributed by atoms with van der Waals surface area (Å²) in [6.07, 6.45) is 0. The van der Waals surface area contributed by atoms with Gasteiger partial charge in [0.25, 0.3) is 0 Å². The Morgan fingerprint density at radius 1 is 1.19 bits per heavy atom. The molecule has 0 heterocycles. The predicted molar refractivity (Wildman–Crippen MR) is 85.8 cm³/mol. The van der Waals surface area contributed by atoms with Crippen LogP contribution in [0.1, 0.15) is 5.56 Å². The molecule has 5 nitrogen and oxygen atoms in total. The van der Waals surface area contributed by atoms with Crippen molar-refractivity contribution < 1.29 is 8.42 Å². The van der Waals surface area contributed by atoms with Crippen molar-refractivity contribution in [1.82, 2.24) is 0 Å². The van der Waals surface area contributed by atoms with Crippen LogP contribution in [-0.2, 0) is 16.6 Å². The molecule has 0 bridgehead atoms. The Labute approximate surface area is 129 Å². The Balaban J connectivity index is 2.31. The summed E-state index contributed by atoms with van der Waals surface area (Å²) < 4.78 is 22.9. The van der Waals surface area contributed by atoms with Crippen LogP contribution in [0.5, 0.6) is 0 Å². The minimum Gasteiger partial charge on any atom is -0.399 e. The molecule has 0 fully saturated rings. The zero-order valence-corrected chi connectivity index (χ0v) is 13.0. The van der Waals surface area contributed by atoms with Gasteiger partial charge in [0.05, 0.1) is 4.90 Å². The van der Waals surface area contributed by atoms with Gasteiger partial charge in [-0.15, -0.1) is 0 Å². The van der Waals surface area contributed by atoms with Crippen LogP contribution in [0.4, 0.5) is 11.4 Å². The number of hydrogen-bond acceptors (Lipinski definition) is 4. The summed E-state index contributed by atoms with van der Waals surface area (Å²) in [5.41, 5.74) is 7.76. The molecule has 0 atom stereocenters. The van der Waals surface area contributed by atoms with Crippen LogP contribution in [0.2, 0.25) is 5.02 Å². The number of benzene rings is 2. The van der Waals surface area contributed by atoms with Gasteiger partial charge in [0.15, 0.2) is 0 Å². The van der Waals surface area contributed by atoms with E-state index in [0.29, 0.717) is 22.9 Å². The van der Waals surface area contributed by atoms with Crippen molar-refractivity contribution in [2.75, 3.05) is 17.7 Å². The highest BCUT2D eigenvalue weighted by Gasteiger charge is 2.12. The van der Waals surface area contributed by atoms with E-state index in [2.05, 4.69) is 0 Å². The minimum absolute atomic E-state index is 0.00422. The lowest BCUT2D eigenvalue weighted by molar-refractivity contribution is 0.598. The average Bonchev–Trinajstić information content (AvgIpc) is 2.37. The summed E-state index contributed by atoms with van der Waals surface area (Å²) in [7, 11) is -1.95. The van der Waals surface area contributed by atoms with Gasteiger partial charge in [-0.1, -0.05) is 23.7 Å². The highest BCUT2D eigenvalue weighted by molar-refractivity contribution is 7.89. The summed E-state index contributed by atoms with van der Waals surface area (Å²) in [6, 6.07) is 12.0. The van der Waals surface area contributed by atoms with Gasteiger partial charge in [-0.3, -0.25) is 0 Å². The molecule has 2 rings (SSSR count). The fraction of sp³-hybridized carbons (Fsp3) is 0.143. The molecule has 0 aromatic heterocycles. The number of sulfonamides is 1. The van der Waals surface area contributed by atoms with Crippen LogP contribution >= 0.6 is 11.6 Å². The smallest absolute Gasteiger partial charge is 0.238 e. The quantitative estimate of drug-likeness (QED) is 0.843. The van der Waals surface area contributed by atoms with Crippen LogP contribution in [0.25, 0.3) is 0 Å². The summed E-state index contributed by atoms with van der Waals surface area (Å²) >= 11 is 5.95. The van der Waals surface area contributed by atoms with Gasteiger partial charge in [0, 0.05) is 30.0 Å². The Hall–Kier alpha value is -1.76. The molecule has 0 unspecified atom stereocenters. The van der Waals surface area contributed by atoms with E-state index in [9.17, 15) is 8.42 Å². The largest absolute Gasteiger partial charge is 0.399 e. The Kier molecular flexibility index (Phi) is 4.41. The standard InChI is InChI=1S/C14H16ClN3O2S/c1-18(9-10-3-2-4-11(15)5-10)13-6-12(16)7-14(8-13)21(17,19)20/h2-8H,9,16H2,1H3,(H2,17,19,20). The molecule has 0 amide bonds. The van der Waals surface area contributed by atoms with Crippen molar-refractivity contribution in [2.24, 2.45) is 5.14 Å². The van der Waals surface area contributed by atoms with Crippen molar-refractivity contribution in [3.05, 3.63) is 53.1 Å². The molecule has 0 aliphatic carbocycles. The number of halogens is 1. The van der Waals surface area contributed by atoms with Gasteiger partial charge >= 0.3 is 0 Å². The van der Waals surface area contributed by atoms with E-state index in [0.717, 1.165) is 5.56 Å². The van der Waals surface area contributed by atoms with Gasteiger partial charge in [0.2, 0.25) is 10.0 Å². The molecule has 0 saturated carbocycles. The van der Waals surface area contributed by atoms with E-state index >= 15 is 0 Å². The van der Waals surface area contributed by atoms with Crippen molar-refractivity contribution >= 4 is 33.0 Å². The first-order chi connectivity index (χ1) is 9.75. The van der Waals surface area contributed by atoms with Crippen molar-refractivity contribution in [3.8, 4) is 0 Å². The number of nitrogen functional groups attached to an aromatic ring is 1. The maximum Gasteiger partial charge on any atom is 0.238 e. The summed E-state index contributed by atoms with van der Waals surface area (Å²) in [5, 5.41) is 5.80. The van der Waals surface area contributed by atoms with Crippen LogP contribution in [0.3, 0.4) is 0 Å². The average molecular weight is 326 g/mol. The fourth-order valence-corrected chi connectivity index (χ4v) is 2.79. The SMILES string of the molecule is CN(Cc1cccc(Cl)c1)c1cc(N)cc(S(N)(=O)=O)c1. The van der Waals surface area contributed by atoms with Crippen LogP contribution in [0, 0.1) is 0 Å². The van der Waals surface area contributed by atoms with Gasteiger partial charge in [-0.2, -0.15) is 0 Å².